The number of urea groups is 1. The van der Waals surface area contributed by atoms with Crippen LogP contribution in [0.25, 0.3) is 0 Å². The second kappa shape index (κ2) is 6.59. The monoisotopic (exact) mass is 328 g/mol. The van der Waals surface area contributed by atoms with E-state index in [9.17, 15) is 4.79 Å². The molecule has 24 heavy (non-hydrogen) atoms. The van der Waals surface area contributed by atoms with Crippen LogP contribution in [-0.2, 0) is 5.41 Å². The van der Waals surface area contributed by atoms with Gasteiger partial charge in [-0.1, -0.05) is 20.8 Å². The van der Waals surface area contributed by atoms with E-state index in [0.29, 0.717) is 5.69 Å². The van der Waals surface area contributed by atoms with E-state index in [-0.39, 0.29) is 17.5 Å². The number of piperidine rings is 1. The molecule has 0 unspecified atom stereocenters. The van der Waals surface area contributed by atoms with Gasteiger partial charge in [-0.05, 0) is 19.3 Å². The molecule has 0 spiro atoms. The Hall–Kier alpha value is -2.44. The summed E-state index contributed by atoms with van der Waals surface area (Å²) in [5.74, 6) is 1.59. The molecule has 7 nitrogen and oxygen atoms in total. The van der Waals surface area contributed by atoms with Crippen molar-refractivity contribution in [3.8, 4) is 0 Å². The number of aromatic nitrogens is 4. The first kappa shape index (κ1) is 16.4. The lowest BCUT2D eigenvalue weighted by molar-refractivity contribution is 0.160. The summed E-state index contributed by atoms with van der Waals surface area (Å²) in [6, 6.07) is -0.147. The summed E-state index contributed by atoms with van der Waals surface area (Å²) in [5.41, 5.74) is 0.497. The Balaban J connectivity index is 1.71. The van der Waals surface area contributed by atoms with Crippen molar-refractivity contribution < 1.29 is 4.79 Å². The normalized spacial score (nSPS) is 18.5. The summed E-state index contributed by atoms with van der Waals surface area (Å²) in [5, 5.41) is 2.90. The van der Waals surface area contributed by atoms with Crippen molar-refractivity contribution >= 4 is 11.7 Å². The molecule has 2 aromatic rings. The zero-order valence-electron chi connectivity index (χ0n) is 14.4. The van der Waals surface area contributed by atoms with Crippen LogP contribution in [0.5, 0.6) is 0 Å². The van der Waals surface area contributed by atoms with E-state index in [1.165, 1.54) is 0 Å². The summed E-state index contributed by atoms with van der Waals surface area (Å²) >= 11 is 0. The maximum atomic E-state index is 12.7. The van der Waals surface area contributed by atoms with Gasteiger partial charge in [-0.25, -0.2) is 19.7 Å². The van der Waals surface area contributed by atoms with E-state index >= 15 is 0 Å². The van der Waals surface area contributed by atoms with Crippen LogP contribution < -0.4 is 5.32 Å². The number of amides is 2. The maximum Gasteiger partial charge on any atom is 0.322 e. The number of nitrogens with zero attached hydrogens (tertiary/aromatic N) is 4. The fourth-order valence-electron chi connectivity index (χ4n) is 2.89. The molecule has 1 saturated heterocycles. The Morgan fingerprint density at radius 1 is 1.25 bits per heavy atom. The SMILES string of the molecule is CC(C)(C)c1ncc(NC(=O)N2CCCC[C@H]2c2ncc[nH]2)cn1. The third-order valence-electron chi connectivity index (χ3n) is 4.17. The Morgan fingerprint density at radius 3 is 2.62 bits per heavy atom. The van der Waals surface area contributed by atoms with E-state index in [1.807, 2.05) is 4.90 Å². The molecule has 0 bridgehead atoms. The summed E-state index contributed by atoms with van der Waals surface area (Å²) < 4.78 is 0. The number of carbonyl (C=O) groups excluding carboxylic acids is 1. The topological polar surface area (TPSA) is 86.8 Å². The van der Waals surface area contributed by atoms with Gasteiger partial charge < -0.3 is 15.2 Å². The predicted molar refractivity (Wildman–Crippen MR) is 91.6 cm³/mol. The Morgan fingerprint density at radius 2 is 2.00 bits per heavy atom. The van der Waals surface area contributed by atoms with E-state index in [4.69, 9.17) is 0 Å². The summed E-state index contributed by atoms with van der Waals surface area (Å²) in [4.78, 5) is 30.7. The highest BCUT2D eigenvalue weighted by Crippen LogP contribution is 2.29. The predicted octanol–water partition coefficient (Wildman–Crippen LogP) is 3.26. The molecule has 2 amide bonds. The van der Waals surface area contributed by atoms with Crippen LogP contribution in [0.2, 0.25) is 0 Å². The lowest BCUT2D eigenvalue weighted by Gasteiger charge is -2.34. The van der Waals surface area contributed by atoms with E-state index in [0.717, 1.165) is 37.5 Å². The highest BCUT2D eigenvalue weighted by Gasteiger charge is 2.29. The van der Waals surface area contributed by atoms with Gasteiger partial charge in [-0.15, -0.1) is 0 Å². The Labute approximate surface area is 141 Å². The molecular weight excluding hydrogens is 304 g/mol. The average Bonchev–Trinajstić information content (AvgIpc) is 3.09. The average molecular weight is 328 g/mol. The Kier molecular flexibility index (Phi) is 4.51. The largest absolute Gasteiger partial charge is 0.347 e. The zero-order valence-corrected chi connectivity index (χ0v) is 14.4. The first-order valence-electron chi connectivity index (χ1n) is 8.34. The van der Waals surface area contributed by atoms with Gasteiger partial charge >= 0.3 is 6.03 Å². The molecular formula is C17H24N6O. The van der Waals surface area contributed by atoms with Gasteiger partial charge in [0.2, 0.25) is 0 Å². The molecule has 0 saturated carbocycles. The number of aromatic amines is 1. The molecule has 128 valence electrons. The van der Waals surface area contributed by atoms with Crippen molar-refractivity contribution in [2.45, 2.75) is 51.5 Å². The third kappa shape index (κ3) is 3.55. The van der Waals surface area contributed by atoms with Gasteiger partial charge in [0, 0.05) is 24.4 Å². The highest BCUT2D eigenvalue weighted by atomic mass is 16.2. The lowest BCUT2D eigenvalue weighted by Crippen LogP contribution is -2.41. The number of rotatable bonds is 2. The second-order valence-corrected chi connectivity index (χ2v) is 7.15. The van der Waals surface area contributed by atoms with Crippen LogP contribution in [0.4, 0.5) is 10.5 Å². The molecule has 2 aromatic heterocycles. The number of carbonyl (C=O) groups is 1. The van der Waals surface area contributed by atoms with Gasteiger partial charge in [0.15, 0.2) is 0 Å². The molecule has 1 aliphatic heterocycles. The molecule has 1 atom stereocenters. The fourth-order valence-corrected chi connectivity index (χ4v) is 2.89. The molecule has 3 heterocycles. The summed E-state index contributed by atoms with van der Waals surface area (Å²) in [7, 11) is 0. The van der Waals surface area contributed by atoms with Gasteiger partial charge in [-0.3, -0.25) is 0 Å². The van der Waals surface area contributed by atoms with Crippen molar-refractivity contribution in [2.24, 2.45) is 0 Å². The third-order valence-corrected chi connectivity index (χ3v) is 4.17. The molecule has 0 radical (unpaired) electrons. The van der Waals surface area contributed by atoms with Gasteiger partial charge in [0.25, 0.3) is 0 Å². The van der Waals surface area contributed by atoms with E-state index < -0.39 is 0 Å². The standard InChI is InChI=1S/C17H24N6O/c1-17(2,3)15-20-10-12(11-21-15)22-16(24)23-9-5-4-6-13(23)14-18-7-8-19-14/h7-8,10-11,13H,4-6,9H2,1-3H3,(H,18,19)(H,22,24)/t13-/m0/s1. The molecule has 1 aliphatic rings. The van der Waals surface area contributed by atoms with Crippen LogP contribution in [0.1, 0.15) is 57.7 Å². The molecule has 0 aliphatic carbocycles. The van der Waals surface area contributed by atoms with Crippen LogP contribution in [0.15, 0.2) is 24.8 Å². The van der Waals surface area contributed by atoms with Crippen molar-refractivity contribution in [1.82, 2.24) is 24.8 Å². The van der Waals surface area contributed by atoms with Crippen molar-refractivity contribution in [3.63, 3.8) is 0 Å². The minimum absolute atomic E-state index is 0.0106. The molecule has 0 aromatic carbocycles. The van der Waals surface area contributed by atoms with Crippen LogP contribution in [0, 0.1) is 0 Å². The number of anilines is 1. The number of likely N-dealkylation sites (tertiary alicyclic amines) is 1. The van der Waals surface area contributed by atoms with E-state index in [1.54, 1.807) is 24.8 Å². The molecule has 3 rings (SSSR count). The smallest absolute Gasteiger partial charge is 0.322 e. The number of nitrogens with one attached hydrogen (secondary N) is 2. The van der Waals surface area contributed by atoms with Crippen LogP contribution in [-0.4, -0.2) is 37.4 Å². The molecule has 7 heteroatoms. The zero-order chi connectivity index (χ0) is 17.2. The minimum atomic E-state index is -0.136. The number of hydrogen-bond acceptors (Lipinski definition) is 4. The fraction of sp³-hybridized carbons (Fsp3) is 0.529. The van der Waals surface area contributed by atoms with Gasteiger partial charge in [0.05, 0.1) is 24.1 Å². The molecule has 1 fully saturated rings. The minimum Gasteiger partial charge on any atom is -0.347 e. The maximum absolute atomic E-state index is 12.7. The first-order chi connectivity index (χ1) is 11.4. The van der Waals surface area contributed by atoms with Crippen LogP contribution >= 0.6 is 0 Å². The van der Waals surface area contributed by atoms with Crippen molar-refractivity contribution in [3.05, 3.63) is 36.4 Å². The first-order valence-corrected chi connectivity index (χ1v) is 8.34. The highest BCUT2D eigenvalue weighted by molar-refractivity contribution is 5.89. The lowest BCUT2D eigenvalue weighted by atomic mass is 9.96. The van der Waals surface area contributed by atoms with Gasteiger partial charge in [0.1, 0.15) is 11.6 Å². The Bertz CT molecular complexity index is 674. The van der Waals surface area contributed by atoms with Crippen LogP contribution in [0.3, 0.4) is 0 Å². The van der Waals surface area contributed by atoms with E-state index in [2.05, 4.69) is 46.0 Å². The number of hydrogen-bond donors (Lipinski definition) is 2. The number of H-pyrrole nitrogens is 1. The van der Waals surface area contributed by atoms with Gasteiger partial charge in [-0.2, -0.15) is 0 Å². The van der Waals surface area contributed by atoms with Crippen molar-refractivity contribution in [2.75, 3.05) is 11.9 Å². The van der Waals surface area contributed by atoms with Crippen molar-refractivity contribution in [1.29, 1.82) is 0 Å². The number of imidazole rings is 1. The molecule has 2 N–H and O–H groups in total. The second-order valence-electron chi connectivity index (χ2n) is 7.15. The summed E-state index contributed by atoms with van der Waals surface area (Å²) in [6.07, 6.45) is 9.86. The quantitative estimate of drug-likeness (QED) is 0.886. The summed E-state index contributed by atoms with van der Waals surface area (Å²) in [6.45, 7) is 6.89.